The van der Waals surface area contributed by atoms with Crippen molar-refractivity contribution in [1.29, 1.82) is 0 Å². The molecule has 0 saturated carbocycles. The molecule has 1 unspecified atom stereocenters. The minimum Gasteiger partial charge on any atom is -0.377 e. The summed E-state index contributed by atoms with van der Waals surface area (Å²) in [4.78, 5) is 11.1. The van der Waals surface area contributed by atoms with Crippen LogP contribution in [0.3, 0.4) is 0 Å². The first-order valence-corrected chi connectivity index (χ1v) is 8.07. The van der Waals surface area contributed by atoms with Crippen LogP contribution in [-0.2, 0) is 11.3 Å². The molecule has 118 valence electrons. The van der Waals surface area contributed by atoms with E-state index >= 15 is 0 Å². The van der Waals surface area contributed by atoms with Gasteiger partial charge in [-0.3, -0.25) is 0 Å². The van der Waals surface area contributed by atoms with Gasteiger partial charge in [0.2, 0.25) is 0 Å². The van der Waals surface area contributed by atoms with Crippen LogP contribution in [0, 0.1) is 0 Å². The Labute approximate surface area is 132 Å². The number of methoxy groups -OCH3 is 1. The molecule has 21 heavy (non-hydrogen) atoms. The van der Waals surface area contributed by atoms with E-state index in [-0.39, 0.29) is 0 Å². The highest BCUT2D eigenvalue weighted by Gasteiger charge is 2.17. The van der Waals surface area contributed by atoms with Crippen LogP contribution in [0.2, 0.25) is 5.15 Å². The van der Waals surface area contributed by atoms with Gasteiger partial charge in [-0.05, 0) is 32.7 Å². The summed E-state index contributed by atoms with van der Waals surface area (Å²) in [6.07, 6.45) is 5.14. The molecule has 0 spiro atoms. The fraction of sp³-hybridized carbons (Fsp3) is 0.733. The van der Waals surface area contributed by atoms with Crippen molar-refractivity contribution in [3.8, 4) is 0 Å². The molecule has 1 fully saturated rings. The van der Waals surface area contributed by atoms with Crippen LogP contribution in [-0.4, -0.2) is 47.7 Å². The summed E-state index contributed by atoms with van der Waals surface area (Å²) >= 11 is 5.98. The van der Waals surface area contributed by atoms with Gasteiger partial charge in [-0.15, -0.1) is 0 Å². The molecule has 1 aromatic heterocycles. The molecule has 1 aliphatic rings. The molecular weight excluding hydrogens is 288 g/mol. The van der Waals surface area contributed by atoms with Crippen molar-refractivity contribution in [2.45, 2.75) is 45.3 Å². The van der Waals surface area contributed by atoms with Crippen LogP contribution < -0.4 is 5.32 Å². The van der Waals surface area contributed by atoms with Crippen molar-refractivity contribution in [1.82, 2.24) is 14.9 Å². The second-order valence-corrected chi connectivity index (χ2v) is 5.97. The summed E-state index contributed by atoms with van der Waals surface area (Å²) in [5.74, 6) is 1.38. The summed E-state index contributed by atoms with van der Waals surface area (Å²) in [5, 5.41) is 3.77. The standard InChI is InChI=1S/C15H25ClN4O/c1-12-6-3-4-8-20(12)9-5-7-17-14-10-13(16)18-15(19-14)11-21-2/h10,12H,3-9,11H2,1-2H3,(H,17,18,19). The monoisotopic (exact) mass is 312 g/mol. The molecule has 6 heteroatoms. The third kappa shape index (κ3) is 5.41. The van der Waals surface area contributed by atoms with Crippen molar-refractivity contribution in [2.75, 3.05) is 32.1 Å². The van der Waals surface area contributed by atoms with Gasteiger partial charge in [0.15, 0.2) is 5.82 Å². The van der Waals surface area contributed by atoms with E-state index in [9.17, 15) is 0 Å². The maximum Gasteiger partial charge on any atom is 0.158 e. The first-order chi connectivity index (χ1) is 10.2. The number of piperidine rings is 1. The molecule has 2 rings (SSSR count). The Hall–Kier alpha value is -0.910. The van der Waals surface area contributed by atoms with Gasteiger partial charge in [0.25, 0.3) is 0 Å². The van der Waals surface area contributed by atoms with Gasteiger partial charge in [0, 0.05) is 32.3 Å². The summed E-state index contributed by atoms with van der Waals surface area (Å²) in [6.45, 7) is 5.97. The zero-order valence-corrected chi connectivity index (χ0v) is 13.7. The van der Waals surface area contributed by atoms with E-state index < -0.39 is 0 Å². The lowest BCUT2D eigenvalue weighted by Crippen LogP contribution is -2.38. The highest BCUT2D eigenvalue weighted by Crippen LogP contribution is 2.16. The van der Waals surface area contributed by atoms with Gasteiger partial charge in [-0.2, -0.15) is 0 Å². The van der Waals surface area contributed by atoms with Gasteiger partial charge in [-0.1, -0.05) is 18.0 Å². The molecule has 0 aliphatic carbocycles. The summed E-state index contributed by atoms with van der Waals surface area (Å²) in [6, 6.07) is 2.48. The van der Waals surface area contributed by atoms with Gasteiger partial charge in [-0.25, -0.2) is 9.97 Å². The number of anilines is 1. The Morgan fingerprint density at radius 3 is 3.05 bits per heavy atom. The number of nitrogens with one attached hydrogen (secondary N) is 1. The van der Waals surface area contributed by atoms with E-state index in [4.69, 9.17) is 16.3 Å². The lowest BCUT2D eigenvalue weighted by atomic mass is 10.0. The van der Waals surface area contributed by atoms with Crippen LogP contribution in [0.25, 0.3) is 0 Å². The number of nitrogens with zero attached hydrogens (tertiary/aromatic N) is 3. The number of halogens is 1. The summed E-state index contributed by atoms with van der Waals surface area (Å²) in [7, 11) is 1.62. The first-order valence-electron chi connectivity index (χ1n) is 7.69. The average Bonchev–Trinajstić information content (AvgIpc) is 2.45. The fourth-order valence-corrected chi connectivity index (χ4v) is 2.94. The molecule has 2 heterocycles. The zero-order valence-electron chi connectivity index (χ0n) is 12.9. The summed E-state index contributed by atoms with van der Waals surface area (Å²) in [5.41, 5.74) is 0. The Morgan fingerprint density at radius 1 is 1.43 bits per heavy atom. The van der Waals surface area contributed by atoms with Crippen molar-refractivity contribution in [2.24, 2.45) is 0 Å². The van der Waals surface area contributed by atoms with Gasteiger partial charge in [0.05, 0.1) is 0 Å². The zero-order chi connectivity index (χ0) is 15.1. The first kappa shape index (κ1) is 16.5. The maximum atomic E-state index is 5.98. The second kappa shape index (κ2) is 8.51. The van der Waals surface area contributed by atoms with Crippen molar-refractivity contribution < 1.29 is 4.74 Å². The minimum atomic E-state index is 0.376. The lowest BCUT2D eigenvalue weighted by molar-refractivity contribution is 0.160. The molecule has 1 aliphatic heterocycles. The number of aromatic nitrogens is 2. The Bertz CT molecular complexity index is 444. The molecule has 0 aromatic carbocycles. The normalized spacial score (nSPS) is 19.7. The van der Waals surface area contributed by atoms with Crippen LogP contribution >= 0.6 is 11.6 Å². The molecule has 1 atom stereocenters. The van der Waals surface area contributed by atoms with Crippen LogP contribution in [0.15, 0.2) is 6.07 Å². The van der Waals surface area contributed by atoms with Crippen molar-refractivity contribution in [3.05, 3.63) is 17.0 Å². The van der Waals surface area contributed by atoms with Crippen LogP contribution in [0.1, 0.15) is 38.4 Å². The highest BCUT2D eigenvalue weighted by atomic mass is 35.5. The Kier molecular flexibility index (Phi) is 6.67. The minimum absolute atomic E-state index is 0.376. The van der Waals surface area contributed by atoms with E-state index in [2.05, 4.69) is 27.1 Å². The van der Waals surface area contributed by atoms with E-state index in [1.165, 1.54) is 25.8 Å². The Morgan fingerprint density at radius 2 is 2.29 bits per heavy atom. The summed E-state index contributed by atoms with van der Waals surface area (Å²) < 4.78 is 5.04. The van der Waals surface area contributed by atoms with Crippen molar-refractivity contribution in [3.63, 3.8) is 0 Å². The molecule has 1 saturated heterocycles. The van der Waals surface area contributed by atoms with Crippen molar-refractivity contribution >= 4 is 17.4 Å². The van der Waals surface area contributed by atoms with E-state index in [1.807, 2.05) is 0 Å². The highest BCUT2D eigenvalue weighted by molar-refractivity contribution is 6.29. The number of hydrogen-bond acceptors (Lipinski definition) is 5. The average molecular weight is 313 g/mol. The Balaban J connectivity index is 1.75. The van der Waals surface area contributed by atoms with Crippen LogP contribution in [0.5, 0.6) is 0 Å². The topological polar surface area (TPSA) is 50.3 Å². The number of likely N-dealkylation sites (tertiary alicyclic amines) is 1. The van der Waals surface area contributed by atoms with E-state index in [0.29, 0.717) is 17.6 Å². The molecule has 1 aromatic rings. The third-order valence-electron chi connectivity index (χ3n) is 3.88. The maximum absolute atomic E-state index is 5.98. The SMILES string of the molecule is COCc1nc(Cl)cc(NCCCN2CCCCC2C)n1. The van der Waals surface area contributed by atoms with Gasteiger partial charge in [0.1, 0.15) is 17.6 Å². The number of rotatable bonds is 7. The van der Waals surface area contributed by atoms with Crippen LogP contribution in [0.4, 0.5) is 5.82 Å². The van der Waals surface area contributed by atoms with Gasteiger partial charge < -0.3 is 15.0 Å². The predicted octanol–water partition coefficient (Wildman–Crippen LogP) is 2.95. The molecule has 0 radical (unpaired) electrons. The molecule has 0 bridgehead atoms. The second-order valence-electron chi connectivity index (χ2n) is 5.59. The van der Waals surface area contributed by atoms with E-state index in [0.717, 1.165) is 31.4 Å². The fourth-order valence-electron chi connectivity index (χ4n) is 2.74. The largest absolute Gasteiger partial charge is 0.377 e. The molecular formula is C15H25ClN4O. The number of ether oxygens (including phenoxy) is 1. The predicted molar refractivity (Wildman–Crippen MR) is 85.7 cm³/mol. The molecule has 0 amide bonds. The molecule has 1 N–H and O–H groups in total. The quantitative estimate of drug-likeness (QED) is 0.619. The molecule has 5 nitrogen and oxygen atoms in total. The smallest absolute Gasteiger partial charge is 0.158 e. The van der Waals surface area contributed by atoms with Gasteiger partial charge >= 0.3 is 0 Å². The number of hydrogen-bond donors (Lipinski definition) is 1. The third-order valence-corrected chi connectivity index (χ3v) is 4.08. The lowest BCUT2D eigenvalue weighted by Gasteiger charge is -2.33. The van der Waals surface area contributed by atoms with E-state index in [1.54, 1.807) is 13.2 Å².